The summed E-state index contributed by atoms with van der Waals surface area (Å²) in [6, 6.07) is 8.30. The third-order valence-electron chi connectivity index (χ3n) is 3.69. The second-order valence-corrected chi connectivity index (χ2v) is 5.06. The van der Waals surface area contributed by atoms with Crippen molar-refractivity contribution in [2.75, 3.05) is 18.9 Å². The number of nitrogens with two attached hydrogens (primary N) is 1. The molecule has 0 atom stereocenters. The Hall–Kier alpha value is -1.81. The van der Waals surface area contributed by atoms with E-state index in [0.717, 1.165) is 42.9 Å². The number of aryl methyl sites for hydroxylation is 1. The van der Waals surface area contributed by atoms with Crippen molar-refractivity contribution in [2.45, 2.75) is 25.7 Å². The lowest BCUT2D eigenvalue weighted by atomic mass is 9.91. The minimum absolute atomic E-state index is 0.381. The summed E-state index contributed by atoms with van der Waals surface area (Å²) in [6.45, 7) is 3.63. The van der Waals surface area contributed by atoms with Crippen molar-refractivity contribution < 1.29 is 9.26 Å². The fourth-order valence-corrected chi connectivity index (χ4v) is 2.58. The largest absolute Gasteiger partial charge is 0.381 e. The van der Waals surface area contributed by atoms with Crippen LogP contribution in [0.1, 0.15) is 30.0 Å². The van der Waals surface area contributed by atoms with Gasteiger partial charge in [0.1, 0.15) is 0 Å². The molecule has 100 valence electrons. The summed E-state index contributed by atoms with van der Waals surface area (Å²) in [7, 11) is 0. The van der Waals surface area contributed by atoms with Crippen LogP contribution in [0.5, 0.6) is 0 Å². The number of benzene rings is 1. The Morgan fingerprint density at radius 3 is 2.53 bits per heavy atom. The minimum atomic E-state index is 0.381. The van der Waals surface area contributed by atoms with Crippen molar-refractivity contribution in [1.29, 1.82) is 0 Å². The van der Waals surface area contributed by atoms with Gasteiger partial charge in [0.2, 0.25) is 5.88 Å². The van der Waals surface area contributed by atoms with Crippen LogP contribution in [0.15, 0.2) is 28.8 Å². The quantitative estimate of drug-likeness (QED) is 0.899. The number of hydrogen-bond acceptors (Lipinski definition) is 4. The molecule has 1 aliphatic heterocycles. The molecule has 0 bridgehead atoms. The van der Waals surface area contributed by atoms with Crippen molar-refractivity contribution in [1.82, 2.24) is 5.16 Å². The Morgan fingerprint density at radius 1 is 1.16 bits per heavy atom. The van der Waals surface area contributed by atoms with E-state index in [1.807, 2.05) is 0 Å². The van der Waals surface area contributed by atoms with E-state index < -0.39 is 0 Å². The number of aromatic nitrogens is 1. The van der Waals surface area contributed by atoms with Crippen LogP contribution in [0.3, 0.4) is 0 Å². The molecular weight excluding hydrogens is 240 g/mol. The molecule has 0 saturated carbocycles. The van der Waals surface area contributed by atoms with Gasteiger partial charge in [0.05, 0.1) is 11.3 Å². The molecular formula is C15H18N2O2. The van der Waals surface area contributed by atoms with Gasteiger partial charge in [-0.05, 0) is 25.3 Å². The summed E-state index contributed by atoms with van der Waals surface area (Å²) in [5.41, 5.74) is 10.2. The van der Waals surface area contributed by atoms with Gasteiger partial charge in [0.15, 0.2) is 0 Å². The molecule has 3 rings (SSSR count). The summed E-state index contributed by atoms with van der Waals surface area (Å²) in [4.78, 5) is 0. The molecule has 1 aromatic heterocycles. The van der Waals surface area contributed by atoms with Crippen molar-refractivity contribution in [3.05, 3.63) is 35.5 Å². The van der Waals surface area contributed by atoms with Crippen LogP contribution in [0, 0.1) is 6.92 Å². The lowest BCUT2D eigenvalue weighted by Crippen LogP contribution is -2.15. The Morgan fingerprint density at radius 2 is 1.84 bits per heavy atom. The maximum absolute atomic E-state index is 5.96. The minimum Gasteiger partial charge on any atom is -0.381 e. The number of ether oxygens (including phenoxy) is 1. The molecule has 1 fully saturated rings. The normalized spacial score (nSPS) is 16.7. The van der Waals surface area contributed by atoms with Crippen LogP contribution >= 0.6 is 0 Å². The molecule has 0 amide bonds. The van der Waals surface area contributed by atoms with Gasteiger partial charge in [0.25, 0.3) is 0 Å². The zero-order valence-electron chi connectivity index (χ0n) is 11.1. The van der Waals surface area contributed by atoms with Gasteiger partial charge in [-0.25, -0.2) is 0 Å². The predicted octanol–water partition coefficient (Wildman–Crippen LogP) is 3.13. The third kappa shape index (κ3) is 2.36. The van der Waals surface area contributed by atoms with Gasteiger partial charge in [0, 0.05) is 19.1 Å². The highest BCUT2D eigenvalue weighted by Gasteiger charge is 2.25. The monoisotopic (exact) mass is 258 g/mol. The zero-order chi connectivity index (χ0) is 13.2. The van der Waals surface area contributed by atoms with Gasteiger partial charge in [-0.3, -0.25) is 0 Å². The van der Waals surface area contributed by atoms with Crippen LogP contribution in [-0.4, -0.2) is 18.4 Å². The number of nitrogens with zero attached hydrogens (tertiary/aromatic N) is 1. The highest BCUT2D eigenvalue weighted by atomic mass is 16.5. The van der Waals surface area contributed by atoms with Gasteiger partial charge >= 0.3 is 0 Å². The first-order valence-electron chi connectivity index (χ1n) is 6.65. The second kappa shape index (κ2) is 5.05. The van der Waals surface area contributed by atoms with Crippen molar-refractivity contribution in [3.8, 4) is 11.1 Å². The standard InChI is InChI=1S/C15H18N2O2/c1-10-2-4-11(5-3-10)13-14(17-19-15(13)16)12-6-8-18-9-7-12/h2-5,12H,6-9,16H2,1H3. The highest BCUT2D eigenvalue weighted by molar-refractivity contribution is 5.75. The van der Waals surface area contributed by atoms with Gasteiger partial charge in [-0.15, -0.1) is 0 Å². The Labute approximate surface area is 112 Å². The van der Waals surface area contributed by atoms with Gasteiger partial charge < -0.3 is 15.0 Å². The van der Waals surface area contributed by atoms with E-state index in [9.17, 15) is 0 Å². The zero-order valence-corrected chi connectivity index (χ0v) is 11.1. The first-order chi connectivity index (χ1) is 9.25. The lowest BCUT2D eigenvalue weighted by Gasteiger charge is -2.20. The number of hydrogen-bond donors (Lipinski definition) is 1. The molecule has 4 nitrogen and oxygen atoms in total. The first kappa shape index (κ1) is 12.2. The SMILES string of the molecule is Cc1ccc(-c2c(C3CCOCC3)noc2N)cc1. The molecule has 1 saturated heterocycles. The van der Waals surface area contributed by atoms with E-state index in [1.165, 1.54) is 5.56 Å². The van der Waals surface area contributed by atoms with E-state index in [0.29, 0.717) is 11.8 Å². The molecule has 0 spiro atoms. The van der Waals surface area contributed by atoms with E-state index >= 15 is 0 Å². The Bertz CT molecular complexity index is 554. The Balaban J connectivity index is 2.00. The molecule has 0 radical (unpaired) electrons. The fourth-order valence-electron chi connectivity index (χ4n) is 2.58. The van der Waals surface area contributed by atoms with Crippen molar-refractivity contribution in [3.63, 3.8) is 0 Å². The number of rotatable bonds is 2. The summed E-state index contributed by atoms with van der Waals surface area (Å²) < 4.78 is 10.6. The Kier molecular flexibility index (Phi) is 3.25. The van der Waals surface area contributed by atoms with Crippen LogP contribution in [0.4, 0.5) is 5.88 Å². The van der Waals surface area contributed by atoms with Crippen LogP contribution < -0.4 is 5.73 Å². The lowest BCUT2D eigenvalue weighted by molar-refractivity contribution is 0.0839. The molecule has 0 aliphatic carbocycles. The first-order valence-corrected chi connectivity index (χ1v) is 6.65. The molecule has 19 heavy (non-hydrogen) atoms. The van der Waals surface area contributed by atoms with E-state index in [1.54, 1.807) is 0 Å². The van der Waals surface area contributed by atoms with E-state index in [2.05, 4.69) is 36.3 Å². The van der Waals surface area contributed by atoms with Crippen LogP contribution in [0.25, 0.3) is 11.1 Å². The molecule has 1 aliphatic rings. The molecule has 2 aromatic rings. The van der Waals surface area contributed by atoms with E-state index in [4.69, 9.17) is 15.0 Å². The summed E-state index contributed by atoms with van der Waals surface area (Å²) in [6.07, 6.45) is 1.95. The predicted molar refractivity (Wildman–Crippen MR) is 73.9 cm³/mol. The average molecular weight is 258 g/mol. The molecule has 4 heteroatoms. The maximum Gasteiger partial charge on any atom is 0.230 e. The smallest absolute Gasteiger partial charge is 0.230 e. The van der Waals surface area contributed by atoms with Crippen LogP contribution in [-0.2, 0) is 4.74 Å². The third-order valence-corrected chi connectivity index (χ3v) is 3.69. The topological polar surface area (TPSA) is 61.3 Å². The van der Waals surface area contributed by atoms with Crippen LogP contribution in [0.2, 0.25) is 0 Å². The molecule has 2 N–H and O–H groups in total. The molecule has 0 unspecified atom stereocenters. The average Bonchev–Trinajstić information content (AvgIpc) is 2.83. The van der Waals surface area contributed by atoms with Crippen molar-refractivity contribution in [2.24, 2.45) is 0 Å². The maximum atomic E-state index is 5.96. The van der Waals surface area contributed by atoms with E-state index in [-0.39, 0.29) is 0 Å². The number of anilines is 1. The second-order valence-electron chi connectivity index (χ2n) is 5.06. The number of nitrogen functional groups attached to an aromatic ring is 1. The summed E-state index contributed by atoms with van der Waals surface area (Å²) in [5.74, 6) is 0.788. The highest BCUT2D eigenvalue weighted by Crippen LogP contribution is 2.37. The molecule has 1 aromatic carbocycles. The van der Waals surface area contributed by atoms with Gasteiger partial charge in [-0.2, -0.15) is 0 Å². The van der Waals surface area contributed by atoms with Gasteiger partial charge in [-0.1, -0.05) is 35.0 Å². The summed E-state index contributed by atoms with van der Waals surface area (Å²) >= 11 is 0. The van der Waals surface area contributed by atoms with Crippen molar-refractivity contribution >= 4 is 5.88 Å². The fraction of sp³-hybridized carbons (Fsp3) is 0.400. The molecule has 2 heterocycles. The summed E-state index contributed by atoms with van der Waals surface area (Å²) in [5, 5.41) is 4.18.